The van der Waals surface area contributed by atoms with E-state index < -0.39 is 11.7 Å². The van der Waals surface area contributed by atoms with Gasteiger partial charge >= 0.3 is 6.18 Å². The highest BCUT2D eigenvalue weighted by molar-refractivity contribution is 5.37. The quantitative estimate of drug-likeness (QED) is 0.889. The molecule has 1 aliphatic heterocycles. The van der Waals surface area contributed by atoms with Crippen LogP contribution in [-0.2, 0) is 16.5 Å². The largest absolute Gasteiger partial charge is 0.416 e. The third kappa shape index (κ3) is 2.99. The summed E-state index contributed by atoms with van der Waals surface area (Å²) in [5.41, 5.74) is -0.615. The molecular formula is C17H21F3N5O+. The predicted octanol–water partition coefficient (Wildman–Crippen LogP) is 1.37. The molecule has 0 amide bonds. The molecule has 6 nitrogen and oxygen atoms in total. The fourth-order valence-corrected chi connectivity index (χ4v) is 4.28. The van der Waals surface area contributed by atoms with Crippen LogP contribution in [0.4, 0.5) is 13.2 Å². The van der Waals surface area contributed by atoms with Crippen molar-refractivity contribution in [3.05, 3.63) is 35.7 Å². The fraction of sp³-hybridized carbons (Fsp3) is 0.588. The van der Waals surface area contributed by atoms with Gasteiger partial charge < -0.3 is 9.64 Å². The number of halogens is 3. The predicted molar refractivity (Wildman–Crippen MR) is 85.8 cm³/mol. The summed E-state index contributed by atoms with van der Waals surface area (Å²) in [6.07, 6.45) is -0.395. The molecule has 1 N–H and O–H groups in total. The minimum Gasteiger partial charge on any atom is -0.370 e. The number of hydrogen-bond acceptors (Lipinski definition) is 4. The number of ether oxygens (including phenoxy) is 1. The summed E-state index contributed by atoms with van der Waals surface area (Å²) in [5.74, 6) is 0.659. The summed E-state index contributed by atoms with van der Waals surface area (Å²) in [4.78, 5) is 1.37. The van der Waals surface area contributed by atoms with Crippen LogP contribution in [0.5, 0.6) is 0 Å². The summed E-state index contributed by atoms with van der Waals surface area (Å²) >= 11 is 0. The average Bonchev–Trinajstić information content (AvgIpc) is 3.32. The molecule has 140 valence electrons. The van der Waals surface area contributed by atoms with E-state index in [0.29, 0.717) is 24.7 Å². The first-order valence-electron chi connectivity index (χ1n) is 8.90. The highest BCUT2D eigenvalue weighted by atomic mass is 19.4. The molecule has 0 spiro atoms. The number of rotatable bonds is 3. The Labute approximate surface area is 148 Å². The first-order valence-corrected chi connectivity index (χ1v) is 8.90. The van der Waals surface area contributed by atoms with Gasteiger partial charge in [-0.3, -0.25) is 0 Å². The van der Waals surface area contributed by atoms with E-state index in [1.165, 1.54) is 15.6 Å². The zero-order valence-electron chi connectivity index (χ0n) is 14.3. The van der Waals surface area contributed by atoms with Gasteiger partial charge in [0.2, 0.25) is 5.82 Å². The lowest BCUT2D eigenvalue weighted by Crippen LogP contribution is -3.20. The number of nitrogens with one attached hydrogen (secondary N) is 1. The van der Waals surface area contributed by atoms with Gasteiger partial charge in [0, 0.05) is 12.8 Å². The van der Waals surface area contributed by atoms with Gasteiger partial charge in [-0.2, -0.15) is 17.9 Å². The van der Waals surface area contributed by atoms with E-state index >= 15 is 0 Å². The Hall–Kier alpha value is -2.00. The topological polar surface area (TPSA) is 57.3 Å². The van der Waals surface area contributed by atoms with E-state index in [4.69, 9.17) is 4.74 Å². The molecule has 4 rings (SSSR count). The van der Waals surface area contributed by atoms with E-state index in [-0.39, 0.29) is 5.54 Å². The van der Waals surface area contributed by atoms with E-state index in [9.17, 15) is 13.2 Å². The van der Waals surface area contributed by atoms with Crippen LogP contribution in [-0.4, -0.2) is 46.5 Å². The molecular weight excluding hydrogens is 347 g/mol. The van der Waals surface area contributed by atoms with Gasteiger partial charge in [0.1, 0.15) is 13.1 Å². The minimum absolute atomic E-state index is 0.262. The summed E-state index contributed by atoms with van der Waals surface area (Å²) in [6.45, 7) is 3.08. The lowest BCUT2D eigenvalue weighted by atomic mass is 9.93. The van der Waals surface area contributed by atoms with Crippen LogP contribution in [0.3, 0.4) is 0 Å². The molecule has 1 aliphatic carbocycles. The second-order valence-electron chi connectivity index (χ2n) is 6.97. The highest BCUT2D eigenvalue weighted by Gasteiger charge is 2.50. The zero-order valence-corrected chi connectivity index (χ0v) is 14.3. The van der Waals surface area contributed by atoms with Crippen LogP contribution in [0.25, 0.3) is 5.69 Å². The van der Waals surface area contributed by atoms with Crippen LogP contribution < -0.4 is 4.90 Å². The van der Waals surface area contributed by atoms with Crippen molar-refractivity contribution in [3.8, 4) is 5.69 Å². The van der Waals surface area contributed by atoms with Crippen LogP contribution in [0, 0.1) is 0 Å². The highest BCUT2D eigenvalue weighted by Crippen LogP contribution is 2.36. The van der Waals surface area contributed by atoms with Gasteiger partial charge in [0.25, 0.3) is 0 Å². The second-order valence-corrected chi connectivity index (χ2v) is 6.97. The van der Waals surface area contributed by atoms with E-state index in [1.54, 1.807) is 6.07 Å². The SMILES string of the molecule is FC(F)(F)c1cccc(-n2nnnc2C2([NH+]3CCOCC3)CCCC2)c1. The molecule has 0 unspecified atom stereocenters. The summed E-state index contributed by atoms with van der Waals surface area (Å²) in [7, 11) is 0. The van der Waals surface area contributed by atoms with Gasteiger partial charge in [0.15, 0.2) is 5.54 Å². The summed E-state index contributed by atoms with van der Waals surface area (Å²) in [5, 5.41) is 12.1. The standard InChI is InChI=1S/C17H20F3N5O/c18-17(19,20)13-4-3-5-14(12-13)25-15(21-22-23-25)16(6-1-2-7-16)24-8-10-26-11-9-24/h3-5,12H,1-2,6-11H2/p+1. The molecule has 2 aliphatic rings. The van der Waals surface area contributed by atoms with Crippen molar-refractivity contribution in [2.75, 3.05) is 26.3 Å². The van der Waals surface area contributed by atoms with Crippen molar-refractivity contribution in [2.45, 2.75) is 37.4 Å². The number of aromatic nitrogens is 4. The lowest BCUT2D eigenvalue weighted by molar-refractivity contribution is -0.968. The first-order chi connectivity index (χ1) is 12.5. The Morgan fingerprint density at radius 2 is 1.85 bits per heavy atom. The lowest BCUT2D eigenvalue weighted by Gasteiger charge is -2.38. The van der Waals surface area contributed by atoms with Gasteiger partial charge in [0.05, 0.1) is 24.5 Å². The van der Waals surface area contributed by atoms with Gasteiger partial charge in [-0.25, -0.2) is 0 Å². The maximum atomic E-state index is 13.1. The zero-order chi connectivity index (χ0) is 18.2. The third-order valence-electron chi connectivity index (χ3n) is 5.55. The van der Waals surface area contributed by atoms with Crippen LogP contribution in [0.15, 0.2) is 24.3 Å². The molecule has 1 saturated carbocycles. The molecule has 2 aromatic rings. The van der Waals surface area contributed by atoms with Gasteiger partial charge in [-0.15, -0.1) is 5.10 Å². The number of alkyl halides is 3. The van der Waals surface area contributed by atoms with E-state index in [1.807, 2.05) is 0 Å². The molecule has 2 fully saturated rings. The number of quaternary nitrogens is 1. The van der Waals surface area contributed by atoms with Crippen molar-refractivity contribution in [1.29, 1.82) is 0 Å². The number of hydrogen-bond donors (Lipinski definition) is 1. The number of nitrogens with zero attached hydrogens (tertiary/aromatic N) is 4. The molecule has 0 radical (unpaired) electrons. The minimum atomic E-state index is -4.40. The molecule has 1 saturated heterocycles. The Morgan fingerprint density at radius 3 is 2.54 bits per heavy atom. The van der Waals surface area contributed by atoms with E-state index in [2.05, 4.69) is 15.5 Å². The third-order valence-corrected chi connectivity index (χ3v) is 5.55. The number of tetrazole rings is 1. The molecule has 26 heavy (non-hydrogen) atoms. The maximum absolute atomic E-state index is 13.1. The normalized spacial score (nSPS) is 21.2. The molecule has 0 bridgehead atoms. The summed E-state index contributed by atoms with van der Waals surface area (Å²) < 4.78 is 46.3. The Kier molecular flexibility index (Phi) is 4.44. The van der Waals surface area contributed by atoms with Crippen LogP contribution in [0.2, 0.25) is 0 Å². The molecule has 2 heterocycles. The Bertz CT molecular complexity index is 764. The second kappa shape index (κ2) is 6.62. The maximum Gasteiger partial charge on any atom is 0.416 e. The average molecular weight is 368 g/mol. The number of benzene rings is 1. The van der Waals surface area contributed by atoms with Crippen molar-refractivity contribution < 1.29 is 22.8 Å². The fourth-order valence-electron chi connectivity index (χ4n) is 4.28. The molecule has 9 heteroatoms. The van der Waals surface area contributed by atoms with Crippen molar-refractivity contribution in [2.24, 2.45) is 0 Å². The molecule has 1 aromatic carbocycles. The Balaban J connectivity index is 1.76. The molecule has 0 atom stereocenters. The van der Waals surface area contributed by atoms with Crippen molar-refractivity contribution >= 4 is 0 Å². The first kappa shape index (κ1) is 17.4. The van der Waals surface area contributed by atoms with Crippen molar-refractivity contribution in [1.82, 2.24) is 20.2 Å². The van der Waals surface area contributed by atoms with Crippen LogP contribution in [0.1, 0.15) is 37.1 Å². The summed E-state index contributed by atoms with van der Waals surface area (Å²) in [6, 6.07) is 5.18. The van der Waals surface area contributed by atoms with Crippen LogP contribution >= 0.6 is 0 Å². The Morgan fingerprint density at radius 1 is 1.12 bits per heavy atom. The monoisotopic (exact) mass is 368 g/mol. The van der Waals surface area contributed by atoms with Gasteiger partial charge in [-0.1, -0.05) is 6.07 Å². The van der Waals surface area contributed by atoms with E-state index in [0.717, 1.165) is 50.9 Å². The molecule has 1 aromatic heterocycles. The number of morpholine rings is 1. The van der Waals surface area contributed by atoms with Crippen molar-refractivity contribution in [3.63, 3.8) is 0 Å². The smallest absolute Gasteiger partial charge is 0.370 e. The van der Waals surface area contributed by atoms with Gasteiger partial charge in [-0.05, 0) is 41.5 Å².